The Morgan fingerprint density at radius 2 is 1.90 bits per heavy atom. The summed E-state index contributed by atoms with van der Waals surface area (Å²) in [7, 11) is 0. The van der Waals surface area contributed by atoms with Crippen molar-refractivity contribution in [3.05, 3.63) is 60.2 Å². The van der Waals surface area contributed by atoms with Crippen LogP contribution in [0.1, 0.15) is 50.2 Å². The van der Waals surface area contributed by atoms with Gasteiger partial charge in [-0.2, -0.15) is 0 Å². The third-order valence-corrected chi connectivity index (χ3v) is 5.52. The normalized spacial score (nSPS) is 16.9. The molecular weight excluding hydrogens is 391 g/mol. The lowest BCUT2D eigenvalue weighted by Gasteiger charge is -2.46. The standard InChI is InChI=1S/C23H31BN4O3/c1-16(2)12-20(24-23(3,4)15-31-24)28-21(29)18(13-17-8-6-5-7-9-17)27-22(30)19-14-25-10-11-26-19/h5-11,14,16,18,20H,12-13,15H2,1-4H3,(H,27,30)(H,28,29)/t18-,20-/m0/s1. The highest BCUT2D eigenvalue weighted by Crippen LogP contribution is 2.40. The van der Waals surface area contributed by atoms with Crippen LogP contribution in [0, 0.1) is 5.92 Å². The van der Waals surface area contributed by atoms with E-state index in [4.69, 9.17) is 4.65 Å². The Hall–Kier alpha value is -2.74. The Balaban J connectivity index is 1.77. The molecule has 2 amide bonds. The van der Waals surface area contributed by atoms with Gasteiger partial charge in [-0.25, -0.2) is 4.98 Å². The van der Waals surface area contributed by atoms with Crippen LogP contribution in [0.5, 0.6) is 0 Å². The van der Waals surface area contributed by atoms with Gasteiger partial charge in [-0.3, -0.25) is 14.6 Å². The first kappa shape index (κ1) is 22.9. The summed E-state index contributed by atoms with van der Waals surface area (Å²) in [6.07, 6.45) is 5.52. The summed E-state index contributed by atoms with van der Waals surface area (Å²) in [5, 5.41) is 6.01. The van der Waals surface area contributed by atoms with Gasteiger partial charge in [0.05, 0.1) is 6.20 Å². The third kappa shape index (κ3) is 6.13. The van der Waals surface area contributed by atoms with Crippen LogP contribution >= 0.6 is 0 Å². The molecule has 0 saturated carbocycles. The maximum Gasteiger partial charge on any atom is 0.323 e. The molecule has 0 bridgehead atoms. The van der Waals surface area contributed by atoms with Crippen molar-refractivity contribution in [1.29, 1.82) is 0 Å². The molecule has 2 heterocycles. The summed E-state index contributed by atoms with van der Waals surface area (Å²) < 4.78 is 5.84. The van der Waals surface area contributed by atoms with Crippen molar-refractivity contribution in [1.82, 2.24) is 20.6 Å². The predicted octanol–water partition coefficient (Wildman–Crippen LogP) is 2.69. The second-order valence-corrected chi connectivity index (χ2v) is 9.27. The van der Waals surface area contributed by atoms with Crippen molar-refractivity contribution in [2.75, 3.05) is 6.61 Å². The Morgan fingerprint density at radius 3 is 2.45 bits per heavy atom. The highest BCUT2D eigenvalue weighted by atomic mass is 16.5. The molecule has 7 nitrogen and oxygen atoms in total. The summed E-state index contributed by atoms with van der Waals surface area (Å²) in [5.41, 5.74) is 1.14. The Morgan fingerprint density at radius 1 is 1.16 bits per heavy atom. The second kappa shape index (κ2) is 10.0. The third-order valence-electron chi connectivity index (χ3n) is 5.52. The van der Waals surface area contributed by atoms with Crippen LogP contribution in [0.3, 0.4) is 0 Å². The number of nitrogens with one attached hydrogen (secondary N) is 2. The zero-order chi connectivity index (χ0) is 22.4. The zero-order valence-corrected chi connectivity index (χ0v) is 18.7. The SMILES string of the molecule is CC(C)C[C@H](NC(=O)[C@H](Cc1ccccc1)NC(=O)c1cnccn1)B1OCC1(C)C. The van der Waals surface area contributed by atoms with Crippen LogP contribution in [0.4, 0.5) is 0 Å². The summed E-state index contributed by atoms with van der Waals surface area (Å²) in [4.78, 5) is 34.0. The van der Waals surface area contributed by atoms with E-state index >= 15 is 0 Å². The van der Waals surface area contributed by atoms with E-state index in [1.807, 2.05) is 30.3 Å². The number of rotatable bonds is 9. The van der Waals surface area contributed by atoms with Gasteiger partial charge in [0.25, 0.3) is 5.91 Å². The molecule has 31 heavy (non-hydrogen) atoms. The smallest absolute Gasteiger partial charge is 0.323 e. The molecule has 0 aliphatic carbocycles. The number of aromatic nitrogens is 2. The highest BCUT2D eigenvalue weighted by Gasteiger charge is 2.50. The van der Waals surface area contributed by atoms with Gasteiger partial charge in [-0.1, -0.05) is 58.0 Å². The van der Waals surface area contributed by atoms with E-state index in [1.54, 1.807) is 0 Å². The minimum atomic E-state index is -0.741. The first-order valence-corrected chi connectivity index (χ1v) is 10.8. The van der Waals surface area contributed by atoms with Crippen molar-refractivity contribution in [2.45, 2.75) is 57.8 Å². The average Bonchev–Trinajstić information content (AvgIpc) is 2.73. The van der Waals surface area contributed by atoms with E-state index in [2.05, 4.69) is 48.3 Å². The maximum absolute atomic E-state index is 13.3. The minimum absolute atomic E-state index is 0.00460. The van der Waals surface area contributed by atoms with Crippen molar-refractivity contribution >= 4 is 18.7 Å². The molecule has 1 aromatic carbocycles. The number of amides is 2. The van der Waals surface area contributed by atoms with Gasteiger partial charge in [0.15, 0.2) is 0 Å². The van der Waals surface area contributed by atoms with Gasteiger partial charge in [0.1, 0.15) is 11.7 Å². The molecule has 0 radical (unpaired) electrons. The number of hydrogen-bond donors (Lipinski definition) is 2. The Kier molecular flexibility index (Phi) is 7.44. The molecule has 3 rings (SSSR count). The van der Waals surface area contributed by atoms with E-state index in [0.29, 0.717) is 18.9 Å². The molecule has 1 aliphatic rings. The molecule has 164 valence electrons. The lowest BCUT2D eigenvalue weighted by molar-refractivity contribution is -0.123. The number of benzene rings is 1. The van der Waals surface area contributed by atoms with Crippen LogP contribution in [0.2, 0.25) is 5.31 Å². The van der Waals surface area contributed by atoms with E-state index in [1.165, 1.54) is 18.6 Å². The fraction of sp³-hybridized carbons (Fsp3) is 0.478. The molecule has 1 saturated heterocycles. The number of carbonyl (C=O) groups is 2. The monoisotopic (exact) mass is 422 g/mol. The lowest BCUT2D eigenvalue weighted by Crippen LogP contribution is -2.62. The van der Waals surface area contributed by atoms with Crippen molar-refractivity contribution < 1.29 is 14.2 Å². The molecule has 0 spiro atoms. The molecule has 1 aromatic heterocycles. The molecular formula is C23H31BN4O3. The molecule has 1 aliphatic heterocycles. The van der Waals surface area contributed by atoms with E-state index in [-0.39, 0.29) is 29.8 Å². The molecule has 0 unspecified atom stereocenters. The first-order chi connectivity index (χ1) is 14.8. The fourth-order valence-electron chi connectivity index (χ4n) is 3.93. The quantitative estimate of drug-likeness (QED) is 0.607. The Bertz CT molecular complexity index is 877. The first-order valence-electron chi connectivity index (χ1n) is 10.8. The van der Waals surface area contributed by atoms with Gasteiger partial charge in [0.2, 0.25) is 5.91 Å². The van der Waals surface area contributed by atoms with Crippen molar-refractivity contribution in [3.8, 4) is 0 Å². The van der Waals surface area contributed by atoms with Gasteiger partial charge in [0, 0.05) is 31.4 Å². The molecule has 2 aromatic rings. The van der Waals surface area contributed by atoms with Crippen LogP contribution in [-0.4, -0.2) is 47.3 Å². The summed E-state index contributed by atoms with van der Waals surface area (Å²) >= 11 is 0. The minimum Gasteiger partial charge on any atom is -0.433 e. The molecule has 1 fully saturated rings. The van der Waals surface area contributed by atoms with Gasteiger partial charge >= 0.3 is 6.92 Å². The van der Waals surface area contributed by atoms with Crippen molar-refractivity contribution in [2.24, 2.45) is 5.92 Å². The van der Waals surface area contributed by atoms with E-state index in [0.717, 1.165) is 12.0 Å². The van der Waals surface area contributed by atoms with Gasteiger partial charge in [-0.15, -0.1) is 0 Å². The number of hydrogen-bond acceptors (Lipinski definition) is 5. The zero-order valence-electron chi connectivity index (χ0n) is 18.7. The van der Waals surface area contributed by atoms with Crippen LogP contribution < -0.4 is 10.6 Å². The van der Waals surface area contributed by atoms with Gasteiger partial charge < -0.3 is 15.3 Å². The largest absolute Gasteiger partial charge is 0.433 e. The van der Waals surface area contributed by atoms with Crippen LogP contribution in [0.15, 0.2) is 48.9 Å². The summed E-state index contributed by atoms with van der Waals surface area (Å²) in [6.45, 7) is 9.19. The lowest BCUT2D eigenvalue weighted by atomic mass is 9.37. The number of carbonyl (C=O) groups excluding carboxylic acids is 2. The predicted molar refractivity (Wildman–Crippen MR) is 121 cm³/mol. The molecule has 2 N–H and O–H groups in total. The van der Waals surface area contributed by atoms with Gasteiger partial charge in [-0.05, 0) is 23.2 Å². The van der Waals surface area contributed by atoms with E-state index in [9.17, 15) is 9.59 Å². The fourth-order valence-corrected chi connectivity index (χ4v) is 3.93. The average molecular weight is 422 g/mol. The maximum atomic E-state index is 13.3. The summed E-state index contributed by atoms with van der Waals surface area (Å²) in [6, 6.07) is 8.90. The van der Waals surface area contributed by atoms with Crippen LogP contribution in [-0.2, 0) is 15.9 Å². The summed E-state index contributed by atoms with van der Waals surface area (Å²) in [5.74, 6) is -0.377. The highest BCUT2D eigenvalue weighted by molar-refractivity contribution is 6.60. The van der Waals surface area contributed by atoms with E-state index < -0.39 is 11.9 Å². The second-order valence-electron chi connectivity index (χ2n) is 9.27. The molecule has 8 heteroatoms. The topological polar surface area (TPSA) is 93.2 Å². The number of nitrogens with zero attached hydrogens (tertiary/aromatic N) is 2. The van der Waals surface area contributed by atoms with Crippen molar-refractivity contribution in [3.63, 3.8) is 0 Å². The van der Waals surface area contributed by atoms with Crippen LogP contribution in [0.25, 0.3) is 0 Å². The Labute approximate surface area is 184 Å². The molecule has 2 atom stereocenters.